The first-order valence-corrected chi connectivity index (χ1v) is 10.2. The van der Waals surface area contributed by atoms with Crippen LogP contribution in [0.25, 0.3) is 0 Å². The monoisotopic (exact) mass is 411 g/mol. The Hall–Kier alpha value is -3.59. The van der Waals surface area contributed by atoms with Gasteiger partial charge >= 0.3 is 0 Å². The second kappa shape index (κ2) is 7.80. The lowest BCUT2D eigenvalue weighted by atomic mass is 10.2. The van der Waals surface area contributed by atoms with Gasteiger partial charge in [0.25, 0.3) is 15.9 Å². The first-order chi connectivity index (χ1) is 14.0. The minimum atomic E-state index is -3.78. The van der Waals surface area contributed by atoms with Gasteiger partial charge in [-0.2, -0.15) is 0 Å². The molecule has 0 radical (unpaired) electrons. The third-order valence-electron chi connectivity index (χ3n) is 4.14. The maximum absolute atomic E-state index is 12.4. The largest absolute Gasteiger partial charge is 0.485 e. The average molecular weight is 411 g/mol. The Bertz CT molecular complexity index is 1120. The highest BCUT2D eigenvalue weighted by Gasteiger charge is 2.27. The van der Waals surface area contributed by atoms with Crippen molar-refractivity contribution < 1.29 is 22.7 Å². The van der Waals surface area contributed by atoms with Crippen LogP contribution < -0.4 is 19.5 Å². The van der Waals surface area contributed by atoms with Crippen molar-refractivity contribution in [3.05, 3.63) is 72.9 Å². The highest BCUT2D eigenvalue weighted by molar-refractivity contribution is 7.92. The lowest BCUT2D eigenvalue weighted by Gasteiger charge is -2.25. The summed E-state index contributed by atoms with van der Waals surface area (Å²) in [5.74, 6) is 0.925. The van der Waals surface area contributed by atoms with Gasteiger partial charge in [-0.15, -0.1) is 0 Å². The number of nitrogens with one attached hydrogen (secondary N) is 2. The van der Waals surface area contributed by atoms with E-state index in [0.717, 1.165) is 0 Å². The zero-order valence-electron chi connectivity index (χ0n) is 15.1. The summed E-state index contributed by atoms with van der Waals surface area (Å²) in [6.07, 6.45) is 0.686. The lowest BCUT2D eigenvalue weighted by molar-refractivity contribution is -0.125. The molecule has 9 heteroatoms. The van der Waals surface area contributed by atoms with Crippen molar-refractivity contribution in [2.24, 2.45) is 0 Å². The van der Waals surface area contributed by atoms with Gasteiger partial charge in [0.1, 0.15) is 12.4 Å². The summed E-state index contributed by atoms with van der Waals surface area (Å²) < 4.78 is 38.4. The first kappa shape index (κ1) is 18.8. The van der Waals surface area contributed by atoms with Crippen molar-refractivity contribution in [1.82, 2.24) is 4.98 Å². The minimum Gasteiger partial charge on any atom is -0.485 e. The van der Waals surface area contributed by atoms with Crippen LogP contribution in [0.1, 0.15) is 0 Å². The molecular weight excluding hydrogens is 394 g/mol. The predicted molar refractivity (Wildman–Crippen MR) is 106 cm³/mol. The van der Waals surface area contributed by atoms with E-state index in [4.69, 9.17) is 9.47 Å². The number of para-hydroxylation sites is 2. The number of sulfonamides is 1. The number of rotatable bonds is 5. The number of carbonyl (C=O) groups excluding carboxylic acids is 1. The quantitative estimate of drug-likeness (QED) is 0.669. The molecule has 0 bridgehead atoms. The van der Waals surface area contributed by atoms with Gasteiger partial charge in [-0.05, 0) is 48.5 Å². The fourth-order valence-electron chi connectivity index (χ4n) is 2.71. The number of hydrogen-bond acceptors (Lipinski definition) is 6. The highest BCUT2D eigenvalue weighted by Crippen LogP contribution is 2.31. The topological polar surface area (TPSA) is 107 Å². The van der Waals surface area contributed by atoms with Crippen LogP contribution in [-0.2, 0) is 14.8 Å². The summed E-state index contributed by atoms with van der Waals surface area (Å²) in [5, 5.41) is 2.70. The Kier molecular flexibility index (Phi) is 5.05. The van der Waals surface area contributed by atoms with E-state index in [2.05, 4.69) is 15.0 Å². The van der Waals surface area contributed by atoms with E-state index in [9.17, 15) is 13.2 Å². The summed E-state index contributed by atoms with van der Waals surface area (Å²) in [7, 11) is -3.78. The maximum Gasteiger partial charge on any atom is 0.269 e. The van der Waals surface area contributed by atoms with Crippen LogP contribution in [-0.4, -0.2) is 32.0 Å². The third-order valence-corrected chi connectivity index (χ3v) is 5.51. The molecule has 0 saturated heterocycles. The van der Waals surface area contributed by atoms with Crippen molar-refractivity contribution in [3.63, 3.8) is 0 Å². The Morgan fingerprint density at radius 1 is 0.966 bits per heavy atom. The molecule has 1 aliphatic heterocycles. The number of ether oxygens (including phenoxy) is 2. The summed E-state index contributed by atoms with van der Waals surface area (Å²) >= 11 is 0. The molecule has 8 nitrogen and oxygen atoms in total. The van der Waals surface area contributed by atoms with Crippen LogP contribution in [0.2, 0.25) is 0 Å². The van der Waals surface area contributed by atoms with Crippen molar-refractivity contribution in [1.29, 1.82) is 0 Å². The second-order valence-electron chi connectivity index (χ2n) is 6.20. The molecule has 148 valence electrons. The first-order valence-electron chi connectivity index (χ1n) is 8.74. The predicted octanol–water partition coefficient (Wildman–Crippen LogP) is 2.66. The molecule has 3 aromatic rings. The molecule has 1 aliphatic rings. The van der Waals surface area contributed by atoms with Gasteiger partial charge in [0.2, 0.25) is 6.10 Å². The minimum absolute atomic E-state index is 0.0485. The molecule has 4 rings (SSSR count). The molecule has 1 aromatic heterocycles. The standard InChI is InChI=1S/C20H17N3O5S/c24-20(18-13-27-16-5-1-2-6-17(16)28-18)22-14-8-10-15(11-9-14)29(25,26)23-19-7-3-4-12-21-19/h1-12,18H,13H2,(H,21,23)(H,22,24)/t18-/m1/s1. The van der Waals surface area contributed by atoms with E-state index in [0.29, 0.717) is 17.2 Å². The SMILES string of the molecule is O=C(Nc1ccc(S(=O)(=O)Nc2ccccn2)cc1)[C@H]1COc2ccccc2O1. The summed E-state index contributed by atoms with van der Waals surface area (Å²) in [6, 6.07) is 17.8. The molecule has 0 saturated carbocycles. The number of nitrogens with zero attached hydrogens (tertiary/aromatic N) is 1. The van der Waals surface area contributed by atoms with Crippen LogP contribution in [0.4, 0.5) is 11.5 Å². The second-order valence-corrected chi connectivity index (χ2v) is 7.88. The molecule has 1 atom stereocenters. The molecule has 0 unspecified atom stereocenters. The average Bonchev–Trinajstić information content (AvgIpc) is 2.74. The van der Waals surface area contributed by atoms with E-state index in [1.165, 1.54) is 30.5 Å². The van der Waals surface area contributed by atoms with E-state index < -0.39 is 16.1 Å². The summed E-state index contributed by atoms with van der Waals surface area (Å²) in [5.41, 5.74) is 0.439. The fourth-order valence-corrected chi connectivity index (χ4v) is 3.72. The van der Waals surface area contributed by atoms with E-state index in [1.807, 2.05) is 6.07 Å². The van der Waals surface area contributed by atoms with E-state index in [1.54, 1.807) is 36.4 Å². The van der Waals surface area contributed by atoms with Crippen molar-refractivity contribution in [3.8, 4) is 11.5 Å². The van der Waals surface area contributed by atoms with Gasteiger partial charge in [0.05, 0.1) is 4.90 Å². The Balaban J connectivity index is 1.41. The zero-order valence-corrected chi connectivity index (χ0v) is 15.9. The number of anilines is 2. The fraction of sp³-hybridized carbons (Fsp3) is 0.100. The highest BCUT2D eigenvalue weighted by atomic mass is 32.2. The summed E-state index contributed by atoms with van der Waals surface area (Å²) in [6.45, 7) is 0.0866. The lowest BCUT2D eigenvalue weighted by Crippen LogP contribution is -2.40. The molecule has 0 aliphatic carbocycles. The normalized spacial score (nSPS) is 15.4. The molecule has 29 heavy (non-hydrogen) atoms. The number of benzene rings is 2. The molecule has 2 aromatic carbocycles. The van der Waals surface area contributed by atoms with Crippen molar-refractivity contribution in [2.75, 3.05) is 16.6 Å². The van der Waals surface area contributed by atoms with Gasteiger partial charge in [-0.1, -0.05) is 18.2 Å². The smallest absolute Gasteiger partial charge is 0.269 e. The summed E-state index contributed by atoms with van der Waals surface area (Å²) in [4.78, 5) is 16.4. The van der Waals surface area contributed by atoms with E-state index in [-0.39, 0.29) is 23.2 Å². The number of carbonyl (C=O) groups is 1. The Morgan fingerprint density at radius 2 is 1.69 bits per heavy atom. The van der Waals surface area contributed by atoms with Gasteiger partial charge < -0.3 is 14.8 Å². The molecular formula is C20H17N3O5S. The number of pyridine rings is 1. The zero-order chi connectivity index (χ0) is 20.3. The number of aromatic nitrogens is 1. The van der Waals surface area contributed by atoms with Gasteiger partial charge in [-0.3, -0.25) is 9.52 Å². The van der Waals surface area contributed by atoms with Gasteiger partial charge in [0, 0.05) is 11.9 Å². The van der Waals surface area contributed by atoms with Crippen LogP contribution in [0.15, 0.2) is 77.8 Å². The van der Waals surface area contributed by atoms with E-state index >= 15 is 0 Å². The van der Waals surface area contributed by atoms with Crippen LogP contribution in [0.5, 0.6) is 11.5 Å². The van der Waals surface area contributed by atoms with Crippen LogP contribution in [0, 0.1) is 0 Å². The molecule has 2 heterocycles. The number of fused-ring (bicyclic) bond motifs is 1. The number of amides is 1. The van der Waals surface area contributed by atoms with Crippen LogP contribution >= 0.6 is 0 Å². The molecule has 0 spiro atoms. The van der Waals surface area contributed by atoms with Gasteiger partial charge in [0.15, 0.2) is 11.5 Å². The molecule has 2 N–H and O–H groups in total. The van der Waals surface area contributed by atoms with Crippen molar-refractivity contribution in [2.45, 2.75) is 11.0 Å². The number of hydrogen-bond donors (Lipinski definition) is 2. The third kappa shape index (κ3) is 4.30. The molecule has 0 fully saturated rings. The van der Waals surface area contributed by atoms with Gasteiger partial charge in [-0.25, -0.2) is 13.4 Å². The maximum atomic E-state index is 12.4. The van der Waals surface area contributed by atoms with Crippen molar-refractivity contribution >= 4 is 27.4 Å². The Labute approximate surface area is 167 Å². The Morgan fingerprint density at radius 3 is 2.41 bits per heavy atom. The molecule has 1 amide bonds. The van der Waals surface area contributed by atoms with Crippen LogP contribution in [0.3, 0.4) is 0 Å².